The molecule has 0 aliphatic carbocycles. The smallest absolute Gasteiger partial charge is 0.0795 e. The molecule has 0 aromatic heterocycles. The predicted octanol–water partition coefficient (Wildman–Crippen LogP) is 1.99. The SMILES string of the molecule is N=NC/C=C\N=C/I. The first-order valence-electron chi connectivity index (χ1n) is 2.02. The summed E-state index contributed by atoms with van der Waals surface area (Å²) in [6, 6.07) is 0. The molecule has 0 saturated carbocycles. The normalized spacial score (nSPS) is 11.1. The quantitative estimate of drug-likeness (QED) is 0.432. The van der Waals surface area contributed by atoms with Crippen LogP contribution in [-0.2, 0) is 0 Å². The molecule has 8 heavy (non-hydrogen) atoms. The molecule has 3 nitrogen and oxygen atoms in total. The summed E-state index contributed by atoms with van der Waals surface area (Å²) in [5.41, 5.74) is 6.36. The van der Waals surface area contributed by atoms with Gasteiger partial charge in [-0.25, -0.2) is 5.53 Å². The summed E-state index contributed by atoms with van der Waals surface area (Å²) in [7, 11) is 0. The molecular formula is C4H6IN3. The van der Waals surface area contributed by atoms with Crippen LogP contribution in [0.15, 0.2) is 22.4 Å². The zero-order valence-electron chi connectivity index (χ0n) is 4.21. The van der Waals surface area contributed by atoms with Gasteiger partial charge < -0.3 is 0 Å². The summed E-state index contributed by atoms with van der Waals surface area (Å²) in [5.74, 6) is 0. The number of hydrogen-bond donors (Lipinski definition) is 1. The number of rotatable bonds is 3. The number of nitrogens with one attached hydrogen (secondary N) is 1. The van der Waals surface area contributed by atoms with Gasteiger partial charge in [-0.3, -0.25) is 4.99 Å². The summed E-state index contributed by atoms with van der Waals surface area (Å²) < 4.78 is 1.65. The van der Waals surface area contributed by atoms with E-state index in [-0.39, 0.29) is 0 Å². The number of nitrogens with zero attached hydrogens (tertiary/aromatic N) is 2. The van der Waals surface area contributed by atoms with E-state index >= 15 is 0 Å². The lowest BCUT2D eigenvalue weighted by Crippen LogP contribution is -1.63. The Balaban J connectivity index is 3.19. The van der Waals surface area contributed by atoms with Crippen molar-refractivity contribution in [1.82, 2.24) is 0 Å². The Morgan fingerprint density at radius 1 is 1.62 bits per heavy atom. The molecule has 0 aliphatic heterocycles. The first-order chi connectivity index (χ1) is 3.91. The van der Waals surface area contributed by atoms with Gasteiger partial charge in [-0.15, -0.1) is 0 Å². The van der Waals surface area contributed by atoms with Crippen LogP contribution in [0.1, 0.15) is 0 Å². The molecule has 0 saturated heterocycles. The topological polar surface area (TPSA) is 48.6 Å². The fraction of sp³-hybridized carbons (Fsp3) is 0.250. The third kappa shape index (κ3) is 5.74. The van der Waals surface area contributed by atoms with E-state index in [1.807, 2.05) is 22.6 Å². The lowest BCUT2D eigenvalue weighted by Gasteiger charge is -1.72. The highest BCUT2D eigenvalue weighted by Gasteiger charge is 1.63. The van der Waals surface area contributed by atoms with E-state index in [1.165, 1.54) is 0 Å². The van der Waals surface area contributed by atoms with Gasteiger partial charge in [0.1, 0.15) is 0 Å². The van der Waals surface area contributed by atoms with E-state index in [9.17, 15) is 0 Å². The van der Waals surface area contributed by atoms with E-state index in [2.05, 4.69) is 10.1 Å². The Hall–Kier alpha value is -0.260. The standard InChI is InChI=1S/C4H6IN3/c5-4-7-2-1-3-8-6/h1-2,4,6H,3H2/b2-1-,7-4-,8-6?. The van der Waals surface area contributed by atoms with Crippen molar-refractivity contribution < 1.29 is 0 Å². The average molecular weight is 223 g/mol. The van der Waals surface area contributed by atoms with Crippen molar-refractivity contribution in [1.29, 1.82) is 5.53 Å². The molecule has 0 bridgehead atoms. The Bertz CT molecular complexity index is 108. The van der Waals surface area contributed by atoms with Gasteiger partial charge in [-0.05, 0) is 28.7 Å². The minimum atomic E-state index is 0.425. The van der Waals surface area contributed by atoms with Crippen molar-refractivity contribution in [2.24, 2.45) is 10.1 Å². The molecule has 0 atom stereocenters. The van der Waals surface area contributed by atoms with Crippen molar-refractivity contribution in [3.63, 3.8) is 0 Å². The molecule has 0 fully saturated rings. The van der Waals surface area contributed by atoms with Crippen LogP contribution >= 0.6 is 22.6 Å². The maximum atomic E-state index is 6.36. The molecule has 0 aromatic rings. The second kappa shape index (κ2) is 6.74. The van der Waals surface area contributed by atoms with E-state index in [0.29, 0.717) is 6.54 Å². The summed E-state index contributed by atoms with van der Waals surface area (Å²) >= 11 is 2.02. The Morgan fingerprint density at radius 3 is 2.88 bits per heavy atom. The van der Waals surface area contributed by atoms with Crippen LogP contribution in [0.5, 0.6) is 0 Å². The van der Waals surface area contributed by atoms with Crippen LogP contribution in [0.2, 0.25) is 0 Å². The largest absolute Gasteiger partial charge is 0.258 e. The lowest BCUT2D eigenvalue weighted by molar-refractivity contribution is 1.00. The van der Waals surface area contributed by atoms with Gasteiger partial charge in [-0.2, -0.15) is 5.11 Å². The van der Waals surface area contributed by atoms with E-state index in [4.69, 9.17) is 5.53 Å². The Morgan fingerprint density at radius 2 is 2.38 bits per heavy atom. The summed E-state index contributed by atoms with van der Waals surface area (Å²) in [4.78, 5) is 3.75. The maximum Gasteiger partial charge on any atom is 0.0795 e. The fourth-order valence-corrected chi connectivity index (χ4v) is 0.379. The number of aliphatic imine (C=N–C) groups is 1. The van der Waals surface area contributed by atoms with Gasteiger partial charge in [0.2, 0.25) is 0 Å². The van der Waals surface area contributed by atoms with E-state index < -0.39 is 0 Å². The highest BCUT2D eigenvalue weighted by atomic mass is 127. The fourth-order valence-electron chi connectivity index (χ4n) is 0.193. The van der Waals surface area contributed by atoms with Gasteiger partial charge >= 0.3 is 0 Å². The first kappa shape index (κ1) is 7.74. The van der Waals surface area contributed by atoms with Crippen LogP contribution < -0.4 is 0 Å². The first-order valence-corrected chi connectivity index (χ1v) is 3.26. The van der Waals surface area contributed by atoms with Gasteiger partial charge in [0.25, 0.3) is 0 Å². The second-order valence-electron chi connectivity index (χ2n) is 0.972. The molecular weight excluding hydrogens is 217 g/mol. The molecule has 0 rings (SSSR count). The molecule has 44 valence electrons. The number of hydrogen-bond acceptors (Lipinski definition) is 3. The van der Waals surface area contributed by atoms with Gasteiger partial charge in [-0.1, -0.05) is 0 Å². The molecule has 0 unspecified atom stereocenters. The average Bonchev–Trinajstić information content (AvgIpc) is 1.81. The third-order valence-corrected chi connectivity index (χ3v) is 0.766. The monoisotopic (exact) mass is 223 g/mol. The highest BCUT2D eigenvalue weighted by Crippen LogP contribution is 1.77. The lowest BCUT2D eigenvalue weighted by atomic mass is 10.6. The molecule has 1 N–H and O–H groups in total. The number of halogens is 1. The second-order valence-corrected chi connectivity index (χ2v) is 1.53. The Labute approximate surface area is 61.5 Å². The van der Waals surface area contributed by atoms with Crippen molar-refractivity contribution in [2.75, 3.05) is 6.54 Å². The molecule has 0 aliphatic rings. The molecule has 4 heteroatoms. The molecule has 0 radical (unpaired) electrons. The van der Waals surface area contributed by atoms with Crippen LogP contribution in [0, 0.1) is 5.53 Å². The van der Waals surface area contributed by atoms with Crippen molar-refractivity contribution in [3.8, 4) is 0 Å². The predicted molar refractivity (Wildman–Crippen MR) is 41.7 cm³/mol. The summed E-state index contributed by atoms with van der Waals surface area (Å²) in [5, 5.41) is 3.09. The molecule has 0 spiro atoms. The molecule has 0 aromatic carbocycles. The van der Waals surface area contributed by atoms with Crippen LogP contribution in [0.25, 0.3) is 0 Å². The van der Waals surface area contributed by atoms with Crippen LogP contribution in [0.4, 0.5) is 0 Å². The van der Waals surface area contributed by atoms with E-state index in [1.54, 1.807) is 16.5 Å². The minimum absolute atomic E-state index is 0.425. The highest BCUT2D eigenvalue weighted by molar-refractivity contribution is 14.1. The maximum absolute atomic E-state index is 6.36. The van der Waals surface area contributed by atoms with Crippen molar-refractivity contribution in [2.45, 2.75) is 0 Å². The zero-order valence-corrected chi connectivity index (χ0v) is 6.37. The van der Waals surface area contributed by atoms with Gasteiger partial charge in [0.15, 0.2) is 0 Å². The van der Waals surface area contributed by atoms with Crippen LogP contribution in [0.3, 0.4) is 0 Å². The van der Waals surface area contributed by atoms with Crippen molar-refractivity contribution >= 4 is 26.8 Å². The zero-order chi connectivity index (χ0) is 6.24. The third-order valence-electron chi connectivity index (χ3n) is 0.445. The van der Waals surface area contributed by atoms with Crippen LogP contribution in [-0.4, -0.2) is 10.8 Å². The van der Waals surface area contributed by atoms with E-state index in [0.717, 1.165) is 0 Å². The minimum Gasteiger partial charge on any atom is -0.258 e. The van der Waals surface area contributed by atoms with Gasteiger partial charge in [0.05, 0.1) is 10.8 Å². The Kier molecular flexibility index (Phi) is 6.52. The molecule has 0 amide bonds. The van der Waals surface area contributed by atoms with Gasteiger partial charge in [0, 0.05) is 6.20 Å². The summed E-state index contributed by atoms with van der Waals surface area (Å²) in [6.45, 7) is 0.425. The molecule has 0 heterocycles. The van der Waals surface area contributed by atoms with Crippen molar-refractivity contribution in [3.05, 3.63) is 12.3 Å². The summed E-state index contributed by atoms with van der Waals surface area (Å²) in [6.07, 6.45) is 3.33.